The average Bonchev–Trinajstić information content (AvgIpc) is 2.97. The number of rotatable bonds is 1. The summed E-state index contributed by atoms with van der Waals surface area (Å²) in [5.74, 6) is 0. The molecule has 0 N–H and O–H groups in total. The van der Waals surface area contributed by atoms with Gasteiger partial charge in [-0.3, -0.25) is 4.98 Å². The first-order valence-electron chi connectivity index (χ1n) is 6.24. The van der Waals surface area contributed by atoms with Gasteiger partial charge in [0.15, 0.2) is 0 Å². The minimum Gasteiger partial charge on any atom is -0.256 e. The summed E-state index contributed by atoms with van der Waals surface area (Å²) >= 11 is 1.78. The van der Waals surface area contributed by atoms with E-state index >= 15 is 0 Å². The van der Waals surface area contributed by atoms with Crippen LogP contribution in [0.4, 0.5) is 0 Å². The second-order valence-electron chi connectivity index (χ2n) is 4.52. The zero-order valence-electron chi connectivity index (χ0n) is 10.2. The van der Waals surface area contributed by atoms with Gasteiger partial charge in [-0.2, -0.15) is 0 Å². The van der Waals surface area contributed by atoms with Crippen molar-refractivity contribution in [1.82, 2.24) is 4.98 Å². The van der Waals surface area contributed by atoms with E-state index in [1.807, 2.05) is 18.3 Å². The van der Waals surface area contributed by atoms with E-state index in [0.717, 1.165) is 5.69 Å². The van der Waals surface area contributed by atoms with Crippen molar-refractivity contribution in [3.8, 4) is 11.3 Å². The van der Waals surface area contributed by atoms with E-state index in [4.69, 9.17) is 0 Å². The lowest BCUT2D eigenvalue weighted by atomic mass is 10.0. The molecule has 0 aliphatic rings. The van der Waals surface area contributed by atoms with Gasteiger partial charge < -0.3 is 0 Å². The number of benzene rings is 2. The predicted octanol–water partition coefficient (Wildman–Crippen LogP) is 5.12. The Hall–Kier alpha value is -2.19. The Morgan fingerprint density at radius 3 is 2.63 bits per heavy atom. The molecule has 0 amide bonds. The maximum atomic E-state index is 4.49. The highest BCUT2D eigenvalue weighted by Crippen LogP contribution is 2.37. The molecule has 4 rings (SSSR count). The van der Waals surface area contributed by atoms with E-state index in [2.05, 4.69) is 52.8 Å². The maximum absolute atomic E-state index is 4.49. The molecule has 19 heavy (non-hydrogen) atoms. The molecule has 0 saturated heterocycles. The highest BCUT2D eigenvalue weighted by Gasteiger charge is 2.09. The summed E-state index contributed by atoms with van der Waals surface area (Å²) in [5, 5.41) is 6.07. The second-order valence-corrected chi connectivity index (χ2v) is 5.44. The van der Waals surface area contributed by atoms with Crippen molar-refractivity contribution >= 4 is 32.2 Å². The molecule has 0 aliphatic heterocycles. The number of hydrogen-bond acceptors (Lipinski definition) is 2. The van der Waals surface area contributed by atoms with Gasteiger partial charge in [-0.25, -0.2) is 0 Å². The normalized spacial score (nSPS) is 11.2. The van der Waals surface area contributed by atoms with Crippen LogP contribution in [0.15, 0.2) is 66.2 Å². The first-order valence-corrected chi connectivity index (χ1v) is 7.12. The fourth-order valence-corrected chi connectivity index (χ4v) is 3.47. The Morgan fingerprint density at radius 1 is 0.842 bits per heavy atom. The summed E-state index contributed by atoms with van der Waals surface area (Å²) in [5.41, 5.74) is 2.27. The number of thiophene rings is 1. The van der Waals surface area contributed by atoms with Crippen molar-refractivity contribution in [2.75, 3.05) is 0 Å². The van der Waals surface area contributed by atoms with Gasteiger partial charge in [0.1, 0.15) is 0 Å². The first kappa shape index (κ1) is 10.7. The van der Waals surface area contributed by atoms with Gasteiger partial charge in [0, 0.05) is 21.8 Å². The molecule has 0 aliphatic carbocycles. The minimum absolute atomic E-state index is 1.04. The van der Waals surface area contributed by atoms with Crippen LogP contribution in [0.5, 0.6) is 0 Å². The Bertz CT molecular complexity index is 862. The number of pyridine rings is 1. The Labute approximate surface area is 115 Å². The highest BCUT2D eigenvalue weighted by atomic mass is 32.1. The molecule has 2 heteroatoms. The zero-order chi connectivity index (χ0) is 12.7. The molecule has 2 heterocycles. The van der Waals surface area contributed by atoms with Gasteiger partial charge in [-0.15, -0.1) is 11.3 Å². The molecule has 0 radical (unpaired) electrons. The Kier molecular flexibility index (Phi) is 2.35. The number of hydrogen-bond donors (Lipinski definition) is 0. The van der Waals surface area contributed by atoms with E-state index in [1.165, 1.54) is 26.4 Å². The number of aromatic nitrogens is 1. The van der Waals surface area contributed by atoms with Crippen molar-refractivity contribution in [3.63, 3.8) is 0 Å². The van der Waals surface area contributed by atoms with Gasteiger partial charge in [0.05, 0.1) is 5.69 Å². The van der Waals surface area contributed by atoms with Crippen LogP contribution in [0.1, 0.15) is 0 Å². The third kappa shape index (κ3) is 1.65. The third-order valence-electron chi connectivity index (χ3n) is 3.40. The van der Waals surface area contributed by atoms with Crippen LogP contribution in [-0.4, -0.2) is 4.98 Å². The van der Waals surface area contributed by atoms with E-state index < -0.39 is 0 Å². The summed E-state index contributed by atoms with van der Waals surface area (Å²) in [4.78, 5) is 4.49. The molecule has 0 bridgehead atoms. The minimum atomic E-state index is 1.04. The van der Waals surface area contributed by atoms with E-state index in [1.54, 1.807) is 11.3 Å². The molecular weight excluding hydrogens is 250 g/mol. The van der Waals surface area contributed by atoms with Crippen molar-refractivity contribution in [2.24, 2.45) is 0 Å². The fourth-order valence-electron chi connectivity index (χ4n) is 2.53. The van der Waals surface area contributed by atoms with E-state index in [-0.39, 0.29) is 0 Å². The van der Waals surface area contributed by atoms with Crippen LogP contribution < -0.4 is 0 Å². The molecule has 2 aromatic carbocycles. The summed E-state index contributed by atoms with van der Waals surface area (Å²) < 4.78 is 1.32. The Morgan fingerprint density at radius 2 is 1.74 bits per heavy atom. The van der Waals surface area contributed by atoms with Crippen LogP contribution in [0.3, 0.4) is 0 Å². The van der Waals surface area contributed by atoms with Crippen molar-refractivity contribution in [1.29, 1.82) is 0 Å². The van der Waals surface area contributed by atoms with Crippen LogP contribution in [0.2, 0.25) is 0 Å². The molecule has 0 unspecified atom stereocenters. The van der Waals surface area contributed by atoms with E-state index in [0.29, 0.717) is 0 Å². The topological polar surface area (TPSA) is 12.9 Å². The van der Waals surface area contributed by atoms with Crippen LogP contribution in [-0.2, 0) is 0 Å². The standard InChI is InChI=1S/C17H11NS/c1-2-6-13-12(5-1)11-15(16-7-3-4-9-18-16)17-14(13)8-10-19-17/h1-11H. The van der Waals surface area contributed by atoms with Crippen molar-refractivity contribution in [2.45, 2.75) is 0 Å². The lowest BCUT2D eigenvalue weighted by Gasteiger charge is -2.06. The summed E-state index contributed by atoms with van der Waals surface area (Å²) in [6, 6.07) is 19.1. The van der Waals surface area contributed by atoms with Crippen molar-refractivity contribution in [3.05, 3.63) is 66.2 Å². The SMILES string of the molecule is c1ccc(-c2cc3ccccc3c3ccsc23)nc1. The quantitative estimate of drug-likeness (QED) is 0.463. The number of fused-ring (bicyclic) bond motifs is 3. The molecule has 0 spiro atoms. The predicted molar refractivity (Wildman–Crippen MR) is 82.6 cm³/mol. The summed E-state index contributed by atoms with van der Waals surface area (Å²) in [6.45, 7) is 0. The summed E-state index contributed by atoms with van der Waals surface area (Å²) in [7, 11) is 0. The van der Waals surface area contributed by atoms with Gasteiger partial charge >= 0.3 is 0 Å². The highest BCUT2D eigenvalue weighted by molar-refractivity contribution is 7.18. The lowest BCUT2D eigenvalue weighted by molar-refractivity contribution is 1.34. The van der Waals surface area contributed by atoms with Crippen LogP contribution in [0, 0.1) is 0 Å². The molecule has 4 aromatic rings. The first-order chi connectivity index (χ1) is 9.43. The van der Waals surface area contributed by atoms with Crippen molar-refractivity contribution < 1.29 is 0 Å². The third-order valence-corrected chi connectivity index (χ3v) is 4.35. The number of nitrogens with zero attached hydrogens (tertiary/aromatic N) is 1. The average molecular weight is 261 g/mol. The molecule has 90 valence electrons. The monoisotopic (exact) mass is 261 g/mol. The van der Waals surface area contributed by atoms with Gasteiger partial charge in [-0.1, -0.05) is 30.3 Å². The maximum Gasteiger partial charge on any atom is 0.0716 e. The zero-order valence-corrected chi connectivity index (χ0v) is 11.0. The van der Waals surface area contributed by atoms with Crippen LogP contribution >= 0.6 is 11.3 Å². The fraction of sp³-hybridized carbons (Fsp3) is 0. The summed E-state index contributed by atoms with van der Waals surface area (Å²) in [6.07, 6.45) is 1.85. The second kappa shape index (κ2) is 4.18. The lowest BCUT2D eigenvalue weighted by Crippen LogP contribution is -1.83. The molecule has 0 fully saturated rings. The molecule has 1 nitrogen and oxygen atoms in total. The van der Waals surface area contributed by atoms with Gasteiger partial charge in [0.2, 0.25) is 0 Å². The molecule has 0 atom stereocenters. The molecule has 0 saturated carbocycles. The van der Waals surface area contributed by atoms with E-state index in [9.17, 15) is 0 Å². The Balaban J connectivity index is 2.17. The van der Waals surface area contributed by atoms with Crippen LogP contribution in [0.25, 0.3) is 32.1 Å². The van der Waals surface area contributed by atoms with Gasteiger partial charge in [-0.05, 0) is 40.4 Å². The van der Waals surface area contributed by atoms with Gasteiger partial charge in [0.25, 0.3) is 0 Å². The molecular formula is C17H11NS. The molecule has 2 aromatic heterocycles. The smallest absolute Gasteiger partial charge is 0.0716 e. The largest absolute Gasteiger partial charge is 0.256 e.